The summed E-state index contributed by atoms with van der Waals surface area (Å²) < 4.78 is 51.2. The Hall–Kier alpha value is -8.41. The molecule has 368 valence electrons. The van der Waals surface area contributed by atoms with Crippen LogP contribution in [-0.4, -0.2) is 9.13 Å². The molecule has 0 spiro atoms. The molecule has 10 aromatic carbocycles. The van der Waals surface area contributed by atoms with Gasteiger partial charge in [0.2, 0.25) is 0 Å². The Morgan fingerprint density at radius 3 is 0.987 bits per heavy atom. The lowest BCUT2D eigenvalue weighted by Gasteiger charge is -2.23. The quantitative estimate of drug-likeness (QED) is 0.151. The first-order valence-corrected chi connectivity index (χ1v) is 25.8. The summed E-state index contributed by atoms with van der Waals surface area (Å²) in [5.74, 6) is 0. The van der Waals surface area contributed by atoms with E-state index in [2.05, 4.69) is 217 Å². The standard InChI is InChI=1S/C70H57F3N2/c1-40-14-22-53(44(5)32-40)49-18-26-58-59-27-19-50(54-23-15-41(2)33-45(54)6)37-66(59)74(65(58)36-49)64-31-30-62(57-12-10-11-13-63(57)70(71,72)73)69(48(64)9)75-67-38-51(55-24-16-42(3)34-46(55)7)20-28-60(67)61-29-21-52(39-68(61)75)56-25-17-43(4)35-47(56)8/h10-39H,1-9H3. The Bertz CT molecular complexity index is 4110. The lowest BCUT2D eigenvalue weighted by molar-refractivity contribution is -0.137. The van der Waals surface area contributed by atoms with Crippen LogP contribution in [0.2, 0.25) is 0 Å². The second kappa shape index (κ2) is 17.9. The first-order valence-electron chi connectivity index (χ1n) is 25.8. The van der Waals surface area contributed by atoms with Crippen LogP contribution in [0, 0.1) is 62.3 Å². The maximum Gasteiger partial charge on any atom is 0.417 e. The summed E-state index contributed by atoms with van der Waals surface area (Å²) in [6.45, 7) is 19.2. The number of aryl methyl sites for hydroxylation is 8. The minimum Gasteiger partial charge on any atom is -0.309 e. The first kappa shape index (κ1) is 47.6. The number of hydrogen-bond donors (Lipinski definition) is 0. The summed E-state index contributed by atoms with van der Waals surface area (Å²) in [7, 11) is 0. The number of rotatable bonds is 7. The Labute approximate surface area is 437 Å². The summed E-state index contributed by atoms with van der Waals surface area (Å²) in [5.41, 5.74) is 24.3. The van der Waals surface area contributed by atoms with Crippen molar-refractivity contribution in [1.82, 2.24) is 9.13 Å². The van der Waals surface area contributed by atoms with E-state index in [1.165, 1.54) is 45.5 Å². The van der Waals surface area contributed by atoms with Crippen LogP contribution in [0.3, 0.4) is 0 Å². The Morgan fingerprint density at radius 1 is 0.307 bits per heavy atom. The number of alkyl halides is 3. The molecule has 0 aliphatic carbocycles. The second-order valence-electron chi connectivity index (χ2n) is 21.0. The van der Waals surface area contributed by atoms with Crippen LogP contribution >= 0.6 is 0 Å². The summed E-state index contributed by atoms with van der Waals surface area (Å²) in [6.07, 6.45) is -4.62. The van der Waals surface area contributed by atoms with Crippen molar-refractivity contribution in [3.8, 4) is 67.0 Å². The highest BCUT2D eigenvalue weighted by Crippen LogP contribution is 2.47. The first-order chi connectivity index (χ1) is 36.0. The van der Waals surface area contributed by atoms with E-state index in [1.54, 1.807) is 12.1 Å². The predicted molar refractivity (Wildman–Crippen MR) is 310 cm³/mol. The van der Waals surface area contributed by atoms with Crippen molar-refractivity contribution in [2.24, 2.45) is 0 Å². The predicted octanol–water partition coefficient (Wildman–Crippen LogP) is 20.0. The van der Waals surface area contributed by atoms with Crippen molar-refractivity contribution in [3.05, 3.63) is 238 Å². The van der Waals surface area contributed by atoms with Gasteiger partial charge in [0, 0.05) is 27.1 Å². The van der Waals surface area contributed by atoms with E-state index in [4.69, 9.17) is 0 Å². The van der Waals surface area contributed by atoms with Crippen LogP contribution in [0.4, 0.5) is 13.2 Å². The van der Waals surface area contributed by atoms with Crippen molar-refractivity contribution < 1.29 is 13.2 Å². The van der Waals surface area contributed by atoms with Crippen molar-refractivity contribution in [2.45, 2.75) is 68.5 Å². The van der Waals surface area contributed by atoms with Gasteiger partial charge in [-0.25, -0.2) is 0 Å². The van der Waals surface area contributed by atoms with Crippen molar-refractivity contribution in [1.29, 1.82) is 0 Å². The second-order valence-corrected chi connectivity index (χ2v) is 21.0. The fourth-order valence-corrected chi connectivity index (χ4v) is 12.2. The molecule has 0 saturated carbocycles. The van der Waals surface area contributed by atoms with Crippen LogP contribution in [0.1, 0.15) is 55.6 Å². The van der Waals surface area contributed by atoms with Gasteiger partial charge >= 0.3 is 6.18 Å². The summed E-state index contributed by atoms with van der Waals surface area (Å²) in [5, 5.41) is 4.20. The zero-order valence-corrected chi connectivity index (χ0v) is 43.8. The fraction of sp³-hybridized carbons (Fsp3) is 0.143. The molecule has 0 aliphatic heterocycles. The number of benzene rings is 10. The van der Waals surface area contributed by atoms with Gasteiger partial charge in [0.25, 0.3) is 0 Å². The van der Waals surface area contributed by atoms with E-state index in [9.17, 15) is 0 Å². The molecule has 12 aromatic rings. The van der Waals surface area contributed by atoms with E-state index >= 15 is 13.2 Å². The maximum absolute atomic E-state index is 15.5. The molecule has 0 fully saturated rings. The molecule has 2 aromatic heterocycles. The molecule has 0 atom stereocenters. The van der Waals surface area contributed by atoms with Gasteiger partial charge in [-0.15, -0.1) is 0 Å². The molecule has 0 unspecified atom stereocenters. The van der Waals surface area contributed by atoms with Crippen LogP contribution in [0.15, 0.2) is 182 Å². The highest BCUT2D eigenvalue weighted by molar-refractivity contribution is 6.14. The Morgan fingerprint density at radius 2 is 0.640 bits per heavy atom. The molecule has 5 heteroatoms. The monoisotopic (exact) mass is 982 g/mol. The molecule has 0 saturated heterocycles. The topological polar surface area (TPSA) is 9.86 Å². The fourth-order valence-electron chi connectivity index (χ4n) is 12.2. The molecule has 2 heterocycles. The van der Waals surface area contributed by atoms with E-state index in [1.807, 2.05) is 12.1 Å². The van der Waals surface area contributed by atoms with Gasteiger partial charge in [-0.05, 0) is 177 Å². The number of nitrogens with zero attached hydrogens (tertiary/aromatic N) is 2. The van der Waals surface area contributed by atoms with Crippen LogP contribution in [0.5, 0.6) is 0 Å². The smallest absolute Gasteiger partial charge is 0.309 e. The van der Waals surface area contributed by atoms with Gasteiger partial charge in [-0.3, -0.25) is 0 Å². The van der Waals surface area contributed by atoms with E-state index in [-0.39, 0.29) is 5.56 Å². The number of aromatic nitrogens is 2. The van der Waals surface area contributed by atoms with Crippen molar-refractivity contribution in [3.63, 3.8) is 0 Å². The number of fused-ring (bicyclic) bond motifs is 6. The Kier molecular flexibility index (Phi) is 11.4. The molecule has 0 N–H and O–H groups in total. The summed E-state index contributed by atoms with van der Waals surface area (Å²) in [6, 6.07) is 63.0. The lowest BCUT2D eigenvalue weighted by Crippen LogP contribution is -2.10. The maximum atomic E-state index is 15.5. The van der Waals surface area contributed by atoms with Gasteiger partial charge < -0.3 is 9.13 Å². The van der Waals surface area contributed by atoms with Crippen LogP contribution in [-0.2, 0) is 6.18 Å². The molecule has 2 nitrogen and oxygen atoms in total. The number of halogens is 3. The average Bonchev–Trinajstić information content (AvgIpc) is 3.87. The highest BCUT2D eigenvalue weighted by atomic mass is 19.4. The van der Waals surface area contributed by atoms with Gasteiger partial charge in [0.15, 0.2) is 0 Å². The molecular formula is C70H57F3N2. The molecule has 12 rings (SSSR count). The van der Waals surface area contributed by atoms with Crippen molar-refractivity contribution >= 4 is 43.6 Å². The van der Waals surface area contributed by atoms with Crippen LogP contribution in [0.25, 0.3) is 111 Å². The molecule has 0 amide bonds. The third-order valence-corrected chi connectivity index (χ3v) is 15.7. The summed E-state index contributed by atoms with van der Waals surface area (Å²) >= 11 is 0. The third kappa shape index (κ3) is 8.04. The zero-order chi connectivity index (χ0) is 52.2. The van der Waals surface area contributed by atoms with E-state index < -0.39 is 11.7 Å². The molecule has 0 bridgehead atoms. The SMILES string of the molecule is Cc1ccc(-c2ccc3c4ccc(-c5ccc(C)cc5C)cc4n(-c4ccc(-c5ccccc5C(F)(F)F)c(-n5c6cc(-c7ccc(C)cc7C)ccc6c6ccc(-c7ccc(C)cc7C)cc65)c4C)c3c2)c(C)c1. The van der Waals surface area contributed by atoms with E-state index in [0.717, 1.165) is 110 Å². The third-order valence-electron chi connectivity index (χ3n) is 15.7. The van der Waals surface area contributed by atoms with Gasteiger partial charge in [-0.2, -0.15) is 13.2 Å². The van der Waals surface area contributed by atoms with Crippen LogP contribution < -0.4 is 0 Å². The summed E-state index contributed by atoms with van der Waals surface area (Å²) in [4.78, 5) is 0. The molecule has 0 radical (unpaired) electrons. The zero-order valence-electron chi connectivity index (χ0n) is 43.8. The minimum absolute atomic E-state index is 0.122. The normalized spacial score (nSPS) is 12.0. The number of hydrogen-bond acceptors (Lipinski definition) is 0. The lowest BCUT2D eigenvalue weighted by atomic mass is 9.94. The largest absolute Gasteiger partial charge is 0.417 e. The van der Waals surface area contributed by atoms with Gasteiger partial charge in [0.05, 0.1) is 39.0 Å². The molecular weight excluding hydrogens is 926 g/mol. The van der Waals surface area contributed by atoms with E-state index in [0.29, 0.717) is 11.3 Å². The minimum atomic E-state index is -4.62. The molecule has 75 heavy (non-hydrogen) atoms. The highest BCUT2D eigenvalue weighted by Gasteiger charge is 2.35. The Balaban J connectivity index is 1.24. The van der Waals surface area contributed by atoms with Crippen molar-refractivity contribution in [2.75, 3.05) is 0 Å². The van der Waals surface area contributed by atoms with Gasteiger partial charge in [0.1, 0.15) is 0 Å². The molecule has 0 aliphatic rings. The average molecular weight is 983 g/mol. The van der Waals surface area contributed by atoms with Gasteiger partial charge in [-0.1, -0.05) is 168 Å².